The van der Waals surface area contributed by atoms with E-state index in [2.05, 4.69) is 51.2 Å². The van der Waals surface area contributed by atoms with Gasteiger partial charge in [-0.3, -0.25) is 4.98 Å². The predicted molar refractivity (Wildman–Crippen MR) is 74.1 cm³/mol. The standard InChI is InChI=1S/C12H13BrN2S/c1-8(13)6-14-9(2)10-5-12-11(15-7-10)3-4-16-12/h3-5,7,9,14H,1,6H2,2H3. The number of nitrogens with zero attached hydrogens (tertiary/aromatic N) is 1. The van der Waals surface area contributed by atoms with Crippen molar-refractivity contribution in [3.63, 3.8) is 0 Å². The molecule has 4 heteroatoms. The molecule has 2 aromatic rings. The molecule has 2 heterocycles. The average molecular weight is 297 g/mol. The highest BCUT2D eigenvalue weighted by Gasteiger charge is 2.06. The molecule has 0 aromatic carbocycles. The lowest BCUT2D eigenvalue weighted by atomic mass is 10.1. The van der Waals surface area contributed by atoms with Gasteiger partial charge in [-0.25, -0.2) is 0 Å². The van der Waals surface area contributed by atoms with E-state index in [1.54, 1.807) is 11.3 Å². The maximum absolute atomic E-state index is 4.43. The fraction of sp³-hybridized carbons (Fsp3) is 0.250. The fourth-order valence-electron chi connectivity index (χ4n) is 1.48. The number of rotatable bonds is 4. The van der Waals surface area contributed by atoms with Crippen molar-refractivity contribution in [2.75, 3.05) is 6.54 Å². The number of pyridine rings is 1. The van der Waals surface area contributed by atoms with Crippen LogP contribution in [0.15, 0.2) is 34.8 Å². The smallest absolute Gasteiger partial charge is 0.0809 e. The first-order valence-corrected chi connectivity index (χ1v) is 6.74. The molecule has 2 aromatic heterocycles. The van der Waals surface area contributed by atoms with Gasteiger partial charge in [0.1, 0.15) is 0 Å². The van der Waals surface area contributed by atoms with E-state index >= 15 is 0 Å². The number of thiophene rings is 1. The Bertz CT molecular complexity index is 506. The van der Waals surface area contributed by atoms with Crippen molar-refractivity contribution < 1.29 is 0 Å². The molecule has 0 aliphatic heterocycles. The zero-order valence-corrected chi connectivity index (χ0v) is 11.4. The molecule has 0 aliphatic rings. The minimum atomic E-state index is 0.285. The SMILES string of the molecule is C=C(Br)CNC(C)c1cnc2ccsc2c1. The van der Waals surface area contributed by atoms with Crippen molar-refractivity contribution >= 4 is 37.5 Å². The Balaban J connectivity index is 2.15. The Hall–Kier alpha value is -0.710. The largest absolute Gasteiger partial charge is 0.306 e. The Morgan fingerprint density at radius 2 is 2.50 bits per heavy atom. The zero-order chi connectivity index (χ0) is 11.5. The number of halogens is 1. The first-order chi connectivity index (χ1) is 7.66. The molecule has 1 atom stereocenters. The summed E-state index contributed by atoms with van der Waals surface area (Å²) in [7, 11) is 0. The van der Waals surface area contributed by atoms with E-state index < -0.39 is 0 Å². The first-order valence-electron chi connectivity index (χ1n) is 5.06. The van der Waals surface area contributed by atoms with Gasteiger partial charge in [0.25, 0.3) is 0 Å². The number of aromatic nitrogens is 1. The van der Waals surface area contributed by atoms with Crippen molar-refractivity contribution in [1.29, 1.82) is 0 Å². The summed E-state index contributed by atoms with van der Waals surface area (Å²) in [5.41, 5.74) is 2.29. The van der Waals surface area contributed by atoms with Gasteiger partial charge in [-0.05, 0) is 30.0 Å². The van der Waals surface area contributed by atoms with Crippen LogP contribution in [0, 0.1) is 0 Å². The van der Waals surface area contributed by atoms with E-state index in [0.29, 0.717) is 0 Å². The van der Waals surface area contributed by atoms with Crippen LogP contribution in [0.5, 0.6) is 0 Å². The average Bonchev–Trinajstić information content (AvgIpc) is 2.72. The van der Waals surface area contributed by atoms with E-state index in [1.807, 2.05) is 12.3 Å². The van der Waals surface area contributed by atoms with Gasteiger partial charge in [-0.15, -0.1) is 11.3 Å². The van der Waals surface area contributed by atoms with Crippen molar-refractivity contribution in [1.82, 2.24) is 10.3 Å². The highest BCUT2D eigenvalue weighted by molar-refractivity contribution is 9.11. The maximum Gasteiger partial charge on any atom is 0.0809 e. The molecule has 0 saturated heterocycles. The summed E-state index contributed by atoms with van der Waals surface area (Å²) in [4.78, 5) is 4.43. The van der Waals surface area contributed by atoms with Gasteiger partial charge in [-0.2, -0.15) is 0 Å². The Kier molecular flexibility index (Phi) is 3.74. The summed E-state index contributed by atoms with van der Waals surface area (Å²) in [5.74, 6) is 0. The van der Waals surface area contributed by atoms with Gasteiger partial charge in [0.15, 0.2) is 0 Å². The third-order valence-corrected chi connectivity index (χ3v) is 3.56. The summed E-state index contributed by atoms with van der Waals surface area (Å²) in [6.07, 6.45) is 1.93. The Morgan fingerprint density at radius 1 is 1.69 bits per heavy atom. The minimum Gasteiger partial charge on any atom is -0.306 e. The molecule has 16 heavy (non-hydrogen) atoms. The molecule has 2 rings (SSSR count). The van der Waals surface area contributed by atoms with E-state index in [4.69, 9.17) is 0 Å². The molecule has 0 spiro atoms. The van der Waals surface area contributed by atoms with Crippen molar-refractivity contribution in [2.45, 2.75) is 13.0 Å². The lowest BCUT2D eigenvalue weighted by Gasteiger charge is -2.13. The third kappa shape index (κ3) is 2.70. The molecule has 0 saturated carbocycles. The Labute approximate surface area is 108 Å². The van der Waals surface area contributed by atoms with Crippen LogP contribution in [0.4, 0.5) is 0 Å². The fourth-order valence-corrected chi connectivity index (χ4v) is 2.43. The van der Waals surface area contributed by atoms with Gasteiger partial charge in [0, 0.05) is 23.3 Å². The van der Waals surface area contributed by atoms with Gasteiger partial charge in [0.05, 0.1) is 10.2 Å². The van der Waals surface area contributed by atoms with E-state index in [-0.39, 0.29) is 6.04 Å². The zero-order valence-electron chi connectivity index (χ0n) is 9.03. The molecule has 1 N–H and O–H groups in total. The van der Waals surface area contributed by atoms with Crippen LogP contribution >= 0.6 is 27.3 Å². The normalized spacial score (nSPS) is 12.9. The first kappa shape index (κ1) is 11.8. The number of hydrogen-bond acceptors (Lipinski definition) is 3. The molecule has 0 radical (unpaired) electrons. The van der Waals surface area contributed by atoms with Crippen LogP contribution in [0.3, 0.4) is 0 Å². The monoisotopic (exact) mass is 296 g/mol. The number of nitrogens with one attached hydrogen (secondary N) is 1. The second-order valence-electron chi connectivity index (χ2n) is 3.69. The van der Waals surface area contributed by atoms with Gasteiger partial charge in [-0.1, -0.05) is 22.5 Å². The lowest BCUT2D eigenvalue weighted by Crippen LogP contribution is -2.19. The molecular weight excluding hydrogens is 284 g/mol. The van der Waals surface area contributed by atoms with Crippen LogP contribution in [0.25, 0.3) is 10.2 Å². The molecule has 2 nitrogen and oxygen atoms in total. The lowest BCUT2D eigenvalue weighted by molar-refractivity contribution is 0.615. The van der Waals surface area contributed by atoms with E-state index in [0.717, 1.165) is 16.5 Å². The molecule has 84 valence electrons. The topological polar surface area (TPSA) is 24.9 Å². The van der Waals surface area contributed by atoms with Crippen molar-refractivity contribution in [3.05, 3.63) is 40.3 Å². The van der Waals surface area contributed by atoms with E-state index in [9.17, 15) is 0 Å². The van der Waals surface area contributed by atoms with Gasteiger partial charge < -0.3 is 5.32 Å². The second-order valence-corrected chi connectivity index (χ2v) is 5.76. The summed E-state index contributed by atoms with van der Waals surface area (Å²) >= 11 is 5.06. The Morgan fingerprint density at radius 3 is 3.25 bits per heavy atom. The number of hydrogen-bond donors (Lipinski definition) is 1. The quantitative estimate of drug-likeness (QED) is 0.927. The van der Waals surface area contributed by atoms with E-state index in [1.165, 1.54) is 10.3 Å². The van der Waals surface area contributed by atoms with Crippen LogP contribution in [0.1, 0.15) is 18.5 Å². The molecule has 0 bridgehead atoms. The van der Waals surface area contributed by atoms with Gasteiger partial charge >= 0.3 is 0 Å². The maximum atomic E-state index is 4.43. The summed E-state index contributed by atoms with van der Waals surface area (Å²) in [5, 5.41) is 5.44. The molecular formula is C12H13BrN2S. The second kappa shape index (κ2) is 5.08. The molecule has 0 aliphatic carbocycles. The van der Waals surface area contributed by atoms with Crippen LogP contribution in [-0.4, -0.2) is 11.5 Å². The summed E-state index contributed by atoms with van der Waals surface area (Å²) in [6.45, 7) is 6.70. The summed E-state index contributed by atoms with van der Waals surface area (Å²) < 4.78 is 2.20. The molecule has 0 fully saturated rings. The highest BCUT2D eigenvalue weighted by Crippen LogP contribution is 2.22. The summed E-state index contributed by atoms with van der Waals surface area (Å²) in [6, 6.07) is 4.53. The van der Waals surface area contributed by atoms with Crippen LogP contribution < -0.4 is 5.32 Å². The van der Waals surface area contributed by atoms with Crippen molar-refractivity contribution in [2.24, 2.45) is 0 Å². The van der Waals surface area contributed by atoms with Crippen LogP contribution in [0.2, 0.25) is 0 Å². The predicted octanol–water partition coefficient (Wildman–Crippen LogP) is 3.86. The molecule has 1 unspecified atom stereocenters. The number of fused-ring (bicyclic) bond motifs is 1. The van der Waals surface area contributed by atoms with Crippen LogP contribution in [-0.2, 0) is 0 Å². The highest BCUT2D eigenvalue weighted by atomic mass is 79.9. The minimum absolute atomic E-state index is 0.285. The van der Waals surface area contributed by atoms with Crippen molar-refractivity contribution in [3.8, 4) is 0 Å². The molecule has 0 amide bonds. The van der Waals surface area contributed by atoms with Gasteiger partial charge in [0.2, 0.25) is 0 Å². The third-order valence-electron chi connectivity index (χ3n) is 2.42.